The summed E-state index contributed by atoms with van der Waals surface area (Å²) in [5.41, 5.74) is 0.957. The predicted octanol–water partition coefficient (Wildman–Crippen LogP) is 2.24. The number of hydrogen-bond donors (Lipinski definition) is 1. The van der Waals surface area contributed by atoms with Crippen LogP contribution in [0.3, 0.4) is 0 Å². The van der Waals surface area contributed by atoms with Gasteiger partial charge < -0.3 is 9.88 Å². The van der Waals surface area contributed by atoms with Crippen molar-refractivity contribution in [3.63, 3.8) is 0 Å². The number of carbonyl (C=O) groups excluding carboxylic acids is 1. The maximum Gasteiger partial charge on any atom is 0.217 e. The molecule has 1 N–H and O–H groups in total. The van der Waals surface area contributed by atoms with Crippen LogP contribution in [0.25, 0.3) is 0 Å². The summed E-state index contributed by atoms with van der Waals surface area (Å²) in [6, 6.07) is -0.138. The lowest BCUT2D eigenvalue weighted by Gasteiger charge is -2.19. The fourth-order valence-electron chi connectivity index (χ4n) is 1.69. The number of carbonyl (C=O) groups is 1. The van der Waals surface area contributed by atoms with Gasteiger partial charge in [0.25, 0.3) is 0 Å². The van der Waals surface area contributed by atoms with E-state index in [2.05, 4.69) is 23.5 Å². The Bertz CT molecular complexity index is 483. The van der Waals surface area contributed by atoms with Gasteiger partial charge in [0.05, 0.1) is 12.4 Å². The molecule has 0 aromatic carbocycles. The number of aromatic nitrogens is 2. The van der Waals surface area contributed by atoms with Gasteiger partial charge in [-0.05, 0) is 5.57 Å². The lowest BCUT2D eigenvalue weighted by atomic mass is 10.1. The van der Waals surface area contributed by atoms with Crippen LogP contribution in [0.5, 0.6) is 0 Å². The molecule has 0 radical (unpaired) electrons. The van der Waals surface area contributed by atoms with Crippen molar-refractivity contribution >= 4 is 5.91 Å². The SMILES string of the molecule is C=C/C=C\C(=C/C=C)C(Cn1ccnc1)NC(C)=O. The first-order chi connectivity index (χ1) is 9.17. The molecule has 0 fully saturated rings. The fourth-order valence-corrected chi connectivity index (χ4v) is 1.69. The zero-order valence-corrected chi connectivity index (χ0v) is 11.1. The van der Waals surface area contributed by atoms with Gasteiger partial charge in [-0.3, -0.25) is 4.79 Å². The molecule has 0 aliphatic heterocycles. The lowest BCUT2D eigenvalue weighted by Crippen LogP contribution is -2.37. The summed E-state index contributed by atoms with van der Waals surface area (Å²) < 4.78 is 1.92. The summed E-state index contributed by atoms with van der Waals surface area (Å²) in [6.45, 7) is 9.46. The van der Waals surface area contributed by atoms with E-state index in [9.17, 15) is 4.79 Å². The Morgan fingerprint density at radius 1 is 1.47 bits per heavy atom. The molecule has 1 amide bonds. The molecule has 4 nitrogen and oxygen atoms in total. The molecule has 1 aromatic rings. The van der Waals surface area contributed by atoms with Gasteiger partial charge in [-0.1, -0.05) is 43.5 Å². The summed E-state index contributed by atoms with van der Waals surface area (Å²) in [7, 11) is 0. The second-order valence-corrected chi connectivity index (χ2v) is 4.01. The first-order valence-electron chi connectivity index (χ1n) is 6.02. The van der Waals surface area contributed by atoms with E-state index in [1.54, 1.807) is 24.7 Å². The number of rotatable bonds is 7. The third-order valence-corrected chi connectivity index (χ3v) is 2.47. The smallest absolute Gasteiger partial charge is 0.217 e. The van der Waals surface area contributed by atoms with E-state index in [0.29, 0.717) is 6.54 Å². The highest BCUT2D eigenvalue weighted by Crippen LogP contribution is 2.08. The lowest BCUT2D eigenvalue weighted by molar-refractivity contribution is -0.119. The summed E-state index contributed by atoms with van der Waals surface area (Å²) >= 11 is 0. The fraction of sp³-hybridized carbons (Fsp3) is 0.200. The molecule has 1 unspecified atom stereocenters. The number of allylic oxidation sites excluding steroid dienone is 4. The van der Waals surface area contributed by atoms with Crippen LogP contribution < -0.4 is 5.32 Å². The number of hydrogen-bond acceptors (Lipinski definition) is 2. The Morgan fingerprint density at radius 2 is 2.26 bits per heavy atom. The van der Waals surface area contributed by atoms with Crippen molar-refractivity contribution in [2.24, 2.45) is 0 Å². The molecule has 0 bridgehead atoms. The molecule has 19 heavy (non-hydrogen) atoms. The molecule has 1 aromatic heterocycles. The van der Waals surface area contributed by atoms with Crippen LogP contribution in [0.4, 0.5) is 0 Å². The third-order valence-electron chi connectivity index (χ3n) is 2.47. The van der Waals surface area contributed by atoms with Gasteiger partial charge in [-0.15, -0.1) is 0 Å². The van der Waals surface area contributed by atoms with E-state index < -0.39 is 0 Å². The van der Waals surface area contributed by atoms with Crippen molar-refractivity contribution in [3.05, 3.63) is 67.8 Å². The topological polar surface area (TPSA) is 46.9 Å². The van der Waals surface area contributed by atoms with Crippen LogP contribution >= 0.6 is 0 Å². The van der Waals surface area contributed by atoms with Crippen molar-refractivity contribution in [3.8, 4) is 0 Å². The Balaban J connectivity index is 2.94. The maximum absolute atomic E-state index is 11.3. The molecule has 0 aliphatic rings. The highest BCUT2D eigenvalue weighted by Gasteiger charge is 2.13. The summed E-state index contributed by atoms with van der Waals surface area (Å²) in [5.74, 6) is -0.0768. The molecule has 1 atom stereocenters. The van der Waals surface area contributed by atoms with E-state index in [0.717, 1.165) is 5.57 Å². The van der Waals surface area contributed by atoms with Crippen LogP contribution in [-0.4, -0.2) is 21.5 Å². The number of amides is 1. The first kappa shape index (κ1) is 14.7. The highest BCUT2D eigenvalue weighted by molar-refractivity contribution is 5.73. The second kappa shape index (κ2) is 7.87. The van der Waals surface area contributed by atoms with Crippen molar-refractivity contribution < 1.29 is 4.79 Å². The van der Waals surface area contributed by atoms with Crippen molar-refractivity contribution in [2.75, 3.05) is 0 Å². The number of nitrogens with one attached hydrogen (secondary N) is 1. The summed E-state index contributed by atoms with van der Waals surface area (Å²) in [4.78, 5) is 15.3. The molecule has 4 heteroatoms. The Labute approximate surface area is 113 Å². The van der Waals surface area contributed by atoms with Gasteiger partial charge in [0.1, 0.15) is 0 Å². The first-order valence-corrected chi connectivity index (χ1v) is 6.02. The molecule has 100 valence electrons. The zero-order chi connectivity index (χ0) is 14.1. The minimum atomic E-state index is -0.138. The van der Waals surface area contributed by atoms with Crippen LogP contribution in [0.1, 0.15) is 6.92 Å². The normalized spacial score (nSPS) is 13.2. The van der Waals surface area contributed by atoms with Gasteiger partial charge >= 0.3 is 0 Å². The van der Waals surface area contributed by atoms with Crippen molar-refractivity contribution in [2.45, 2.75) is 19.5 Å². The van der Waals surface area contributed by atoms with E-state index in [4.69, 9.17) is 0 Å². The maximum atomic E-state index is 11.3. The second-order valence-electron chi connectivity index (χ2n) is 4.01. The van der Waals surface area contributed by atoms with Gasteiger partial charge in [0.2, 0.25) is 5.91 Å². The molecule has 0 saturated carbocycles. The van der Waals surface area contributed by atoms with Crippen molar-refractivity contribution in [1.29, 1.82) is 0 Å². The van der Waals surface area contributed by atoms with E-state index in [1.165, 1.54) is 6.92 Å². The van der Waals surface area contributed by atoms with Gasteiger partial charge in [-0.2, -0.15) is 0 Å². The van der Waals surface area contributed by atoms with Crippen LogP contribution in [0.2, 0.25) is 0 Å². The molecule has 0 aliphatic carbocycles. The predicted molar refractivity (Wildman–Crippen MR) is 77.4 cm³/mol. The Hall–Kier alpha value is -2.36. The number of nitrogens with zero attached hydrogens (tertiary/aromatic N) is 2. The molecule has 1 heterocycles. The van der Waals surface area contributed by atoms with Crippen LogP contribution in [0, 0.1) is 0 Å². The molecular weight excluding hydrogens is 238 g/mol. The van der Waals surface area contributed by atoms with Gasteiger partial charge in [-0.25, -0.2) is 4.98 Å². The third kappa shape index (κ3) is 5.21. The van der Waals surface area contributed by atoms with E-state index in [1.807, 2.05) is 29.0 Å². The standard InChI is InChI=1S/C15H19N3O/c1-4-6-8-14(7-5-2)15(17-13(3)19)11-18-10-9-16-12-18/h4-10,12,15H,1-2,11H2,3H3,(H,17,19)/b8-6-,14-7+. The summed E-state index contributed by atoms with van der Waals surface area (Å²) in [5, 5.41) is 2.92. The van der Waals surface area contributed by atoms with Gasteiger partial charge in [0.15, 0.2) is 0 Å². The quantitative estimate of drug-likeness (QED) is 0.761. The Kier molecular flexibility index (Phi) is 6.09. The molecule has 1 rings (SSSR count). The van der Waals surface area contributed by atoms with Gasteiger partial charge in [0, 0.05) is 25.9 Å². The summed E-state index contributed by atoms with van der Waals surface area (Å²) in [6.07, 6.45) is 14.3. The monoisotopic (exact) mass is 257 g/mol. The Morgan fingerprint density at radius 3 is 2.79 bits per heavy atom. The molecule has 0 saturated heterocycles. The average Bonchev–Trinajstić information content (AvgIpc) is 2.86. The molecule has 0 spiro atoms. The van der Waals surface area contributed by atoms with E-state index in [-0.39, 0.29) is 11.9 Å². The van der Waals surface area contributed by atoms with E-state index >= 15 is 0 Å². The average molecular weight is 257 g/mol. The minimum absolute atomic E-state index is 0.0768. The molecular formula is C15H19N3O. The van der Waals surface area contributed by atoms with Crippen LogP contribution in [0.15, 0.2) is 67.8 Å². The van der Waals surface area contributed by atoms with Crippen molar-refractivity contribution in [1.82, 2.24) is 14.9 Å². The minimum Gasteiger partial charge on any atom is -0.348 e. The largest absolute Gasteiger partial charge is 0.348 e. The zero-order valence-electron chi connectivity index (χ0n) is 11.1. The van der Waals surface area contributed by atoms with Crippen LogP contribution in [-0.2, 0) is 11.3 Å². The highest BCUT2D eigenvalue weighted by atomic mass is 16.1. The number of imidazole rings is 1.